The van der Waals surface area contributed by atoms with Crippen molar-refractivity contribution in [1.29, 1.82) is 0 Å². The second kappa shape index (κ2) is 12.6. The molecule has 3 rings (SSSR count). The Bertz CT molecular complexity index is 1280. The lowest BCUT2D eigenvalue weighted by Gasteiger charge is -2.26. The van der Waals surface area contributed by atoms with Crippen LogP contribution in [0.4, 0.5) is 5.69 Å². The number of sulfonamides is 2. The number of carbonyl (C=O) groups excluding carboxylic acids is 1. The molecule has 1 heterocycles. The van der Waals surface area contributed by atoms with Gasteiger partial charge in [0.15, 0.2) is 11.5 Å². The normalized spacial score (nSPS) is 14.7. The molecule has 37 heavy (non-hydrogen) atoms. The largest absolute Gasteiger partial charge is 0.490 e. The zero-order valence-corrected chi connectivity index (χ0v) is 22.8. The van der Waals surface area contributed by atoms with Crippen LogP contribution in [0.5, 0.6) is 11.5 Å². The van der Waals surface area contributed by atoms with Crippen LogP contribution in [0.25, 0.3) is 0 Å². The van der Waals surface area contributed by atoms with Crippen LogP contribution in [0.1, 0.15) is 19.4 Å². The van der Waals surface area contributed by atoms with Crippen molar-refractivity contribution in [2.45, 2.75) is 25.3 Å². The number of nitrogens with zero attached hydrogens (tertiary/aromatic N) is 2. The van der Waals surface area contributed by atoms with E-state index in [1.807, 2.05) is 13.8 Å². The van der Waals surface area contributed by atoms with Crippen LogP contribution in [-0.2, 0) is 36.1 Å². The molecule has 0 atom stereocenters. The Labute approximate surface area is 218 Å². The van der Waals surface area contributed by atoms with Crippen molar-refractivity contribution in [1.82, 2.24) is 9.62 Å². The predicted octanol–water partition coefficient (Wildman–Crippen LogP) is 1.59. The third kappa shape index (κ3) is 7.57. The van der Waals surface area contributed by atoms with Gasteiger partial charge in [0.05, 0.1) is 43.3 Å². The second-order valence-corrected chi connectivity index (χ2v) is 12.0. The lowest BCUT2D eigenvalue weighted by atomic mass is 10.2. The van der Waals surface area contributed by atoms with E-state index in [2.05, 4.69) is 5.32 Å². The fourth-order valence-corrected chi connectivity index (χ4v) is 5.98. The number of hydrogen-bond donors (Lipinski definition) is 1. The SMILES string of the molecule is CCOc1ccc(CNC(=O)CN(c2ccc(S(=O)(=O)N3CCOCC3)cc2)S(C)(=O)=O)cc1OCC. The molecule has 1 amide bonds. The Morgan fingerprint density at radius 3 is 2.19 bits per heavy atom. The van der Waals surface area contributed by atoms with E-state index in [-0.39, 0.29) is 30.2 Å². The lowest BCUT2D eigenvalue weighted by Crippen LogP contribution is -2.41. The molecule has 0 aromatic heterocycles. The number of hydrogen-bond acceptors (Lipinski definition) is 8. The first kappa shape index (κ1) is 28.7. The highest BCUT2D eigenvalue weighted by atomic mass is 32.2. The van der Waals surface area contributed by atoms with E-state index in [1.165, 1.54) is 28.6 Å². The van der Waals surface area contributed by atoms with Gasteiger partial charge < -0.3 is 19.5 Å². The molecular weight excluding hydrogens is 522 g/mol. The minimum Gasteiger partial charge on any atom is -0.490 e. The number of benzene rings is 2. The molecule has 11 nitrogen and oxygen atoms in total. The van der Waals surface area contributed by atoms with Gasteiger partial charge in [-0.1, -0.05) is 6.07 Å². The summed E-state index contributed by atoms with van der Waals surface area (Å²) in [6.45, 7) is 5.48. The highest BCUT2D eigenvalue weighted by Crippen LogP contribution is 2.28. The molecule has 0 unspecified atom stereocenters. The summed E-state index contributed by atoms with van der Waals surface area (Å²) in [5.74, 6) is 0.630. The highest BCUT2D eigenvalue weighted by Gasteiger charge is 2.27. The summed E-state index contributed by atoms with van der Waals surface area (Å²) < 4.78 is 69.2. The average molecular weight is 556 g/mol. The average Bonchev–Trinajstić information content (AvgIpc) is 2.87. The van der Waals surface area contributed by atoms with Crippen molar-refractivity contribution in [3.05, 3.63) is 48.0 Å². The lowest BCUT2D eigenvalue weighted by molar-refractivity contribution is -0.119. The van der Waals surface area contributed by atoms with Crippen molar-refractivity contribution in [2.75, 3.05) is 56.6 Å². The van der Waals surface area contributed by atoms with Gasteiger partial charge in [-0.2, -0.15) is 4.31 Å². The number of anilines is 1. The van der Waals surface area contributed by atoms with E-state index >= 15 is 0 Å². The van der Waals surface area contributed by atoms with E-state index in [9.17, 15) is 21.6 Å². The number of ether oxygens (including phenoxy) is 3. The first-order chi connectivity index (χ1) is 17.6. The van der Waals surface area contributed by atoms with Gasteiger partial charge in [0, 0.05) is 19.6 Å². The first-order valence-corrected chi connectivity index (χ1v) is 15.2. The van der Waals surface area contributed by atoms with Crippen LogP contribution < -0.4 is 19.1 Å². The van der Waals surface area contributed by atoms with E-state index in [0.29, 0.717) is 37.9 Å². The van der Waals surface area contributed by atoms with Crippen LogP contribution in [0.15, 0.2) is 47.4 Å². The molecule has 1 aliphatic rings. The maximum Gasteiger partial charge on any atom is 0.243 e. The smallest absolute Gasteiger partial charge is 0.243 e. The van der Waals surface area contributed by atoms with Crippen molar-refractivity contribution in [2.24, 2.45) is 0 Å². The molecule has 0 aliphatic carbocycles. The van der Waals surface area contributed by atoms with Crippen molar-refractivity contribution < 1.29 is 35.8 Å². The first-order valence-electron chi connectivity index (χ1n) is 11.9. The number of morpholine rings is 1. The van der Waals surface area contributed by atoms with Gasteiger partial charge >= 0.3 is 0 Å². The fraction of sp³-hybridized carbons (Fsp3) is 0.458. The topological polar surface area (TPSA) is 132 Å². The van der Waals surface area contributed by atoms with Crippen LogP contribution in [0.3, 0.4) is 0 Å². The predicted molar refractivity (Wildman–Crippen MR) is 139 cm³/mol. The molecule has 1 saturated heterocycles. The summed E-state index contributed by atoms with van der Waals surface area (Å²) >= 11 is 0. The molecule has 0 spiro atoms. The van der Waals surface area contributed by atoms with Crippen LogP contribution >= 0.6 is 0 Å². The summed E-state index contributed by atoms with van der Waals surface area (Å²) in [5, 5.41) is 2.71. The third-order valence-electron chi connectivity index (χ3n) is 5.52. The molecule has 13 heteroatoms. The van der Waals surface area contributed by atoms with Gasteiger partial charge in [0.1, 0.15) is 6.54 Å². The highest BCUT2D eigenvalue weighted by molar-refractivity contribution is 7.92. The monoisotopic (exact) mass is 555 g/mol. The van der Waals surface area contributed by atoms with E-state index < -0.39 is 32.5 Å². The van der Waals surface area contributed by atoms with Crippen molar-refractivity contribution in [3.8, 4) is 11.5 Å². The second-order valence-electron chi connectivity index (χ2n) is 8.20. The zero-order chi connectivity index (χ0) is 27.1. The van der Waals surface area contributed by atoms with E-state index in [0.717, 1.165) is 16.1 Å². The minimum absolute atomic E-state index is 0.0386. The molecule has 0 saturated carbocycles. The molecule has 1 aliphatic heterocycles. The molecule has 2 aromatic rings. The Morgan fingerprint density at radius 2 is 1.59 bits per heavy atom. The molecule has 1 N–H and O–H groups in total. The van der Waals surface area contributed by atoms with Gasteiger partial charge in [-0.05, 0) is 55.8 Å². The minimum atomic E-state index is -3.83. The summed E-state index contributed by atoms with van der Waals surface area (Å²) in [7, 11) is -7.56. The Hall–Kier alpha value is -2.87. The van der Waals surface area contributed by atoms with Crippen LogP contribution in [0.2, 0.25) is 0 Å². The molecule has 0 radical (unpaired) electrons. The molecule has 2 aromatic carbocycles. The molecule has 1 fully saturated rings. The summed E-state index contributed by atoms with van der Waals surface area (Å²) in [4.78, 5) is 12.7. The van der Waals surface area contributed by atoms with Crippen molar-refractivity contribution >= 4 is 31.6 Å². The van der Waals surface area contributed by atoms with Crippen LogP contribution in [-0.4, -0.2) is 79.4 Å². The Kier molecular flexibility index (Phi) is 9.76. The third-order valence-corrected chi connectivity index (χ3v) is 8.57. The summed E-state index contributed by atoms with van der Waals surface area (Å²) in [6.07, 6.45) is 0.986. The maximum absolute atomic E-state index is 12.8. The van der Waals surface area contributed by atoms with Crippen molar-refractivity contribution in [3.63, 3.8) is 0 Å². The maximum atomic E-state index is 12.8. The quantitative estimate of drug-likeness (QED) is 0.418. The van der Waals surface area contributed by atoms with E-state index in [1.54, 1.807) is 18.2 Å². The fourth-order valence-electron chi connectivity index (χ4n) is 3.71. The van der Waals surface area contributed by atoms with Gasteiger partial charge in [0.2, 0.25) is 26.0 Å². The number of carbonyl (C=O) groups is 1. The van der Waals surface area contributed by atoms with Gasteiger partial charge in [-0.3, -0.25) is 9.10 Å². The van der Waals surface area contributed by atoms with Gasteiger partial charge in [0.25, 0.3) is 0 Å². The number of amides is 1. The molecule has 204 valence electrons. The zero-order valence-electron chi connectivity index (χ0n) is 21.2. The molecular formula is C24H33N3O8S2. The van der Waals surface area contributed by atoms with Gasteiger partial charge in [-0.15, -0.1) is 0 Å². The summed E-state index contributed by atoms with van der Waals surface area (Å²) in [6, 6.07) is 10.7. The molecule has 0 bridgehead atoms. The standard InChI is InChI=1S/C24H33N3O8S2/c1-4-34-22-11-6-19(16-23(22)35-5-2)17-25-24(28)18-27(36(3,29)30)20-7-9-21(10-8-20)37(31,32)26-12-14-33-15-13-26/h6-11,16H,4-5,12-15,17-18H2,1-3H3,(H,25,28). The summed E-state index contributed by atoms with van der Waals surface area (Å²) in [5.41, 5.74) is 0.933. The number of rotatable bonds is 12. The van der Waals surface area contributed by atoms with Crippen LogP contribution in [0, 0.1) is 0 Å². The Balaban J connectivity index is 1.70. The Morgan fingerprint density at radius 1 is 0.973 bits per heavy atom. The van der Waals surface area contributed by atoms with E-state index in [4.69, 9.17) is 14.2 Å². The number of nitrogens with one attached hydrogen (secondary N) is 1. The van der Waals surface area contributed by atoms with Gasteiger partial charge in [-0.25, -0.2) is 16.8 Å².